The second-order valence-electron chi connectivity index (χ2n) is 5.84. The van der Waals surface area contributed by atoms with Gasteiger partial charge in [-0.3, -0.25) is 24.6 Å². The van der Waals surface area contributed by atoms with Crippen molar-refractivity contribution in [2.24, 2.45) is 0 Å². The van der Waals surface area contributed by atoms with Crippen LogP contribution in [0.15, 0.2) is 42.5 Å². The first kappa shape index (κ1) is 16.6. The number of nitro benzene ring substituents is 1. The molecule has 27 heavy (non-hydrogen) atoms. The number of nitro groups is 1. The zero-order chi connectivity index (χ0) is 19.0. The van der Waals surface area contributed by atoms with E-state index in [1.807, 2.05) is 0 Å². The lowest BCUT2D eigenvalue weighted by Crippen LogP contribution is -2.41. The van der Waals surface area contributed by atoms with E-state index in [9.17, 15) is 19.7 Å². The fourth-order valence-corrected chi connectivity index (χ4v) is 2.92. The summed E-state index contributed by atoms with van der Waals surface area (Å²) in [5, 5.41) is 14.0. The molecular weight excluding hydrogens is 354 g/mol. The molecule has 2 aromatic carbocycles. The molecule has 0 saturated heterocycles. The number of hydrogen-bond acceptors (Lipinski definition) is 6. The van der Waals surface area contributed by atoms with Crippen molar-refractivity contribution < 1.29 is 24.0 Å². The molecule has 0 fully saturated rings. The molecule has 2 aliphatic heterocycles. The molecule has 2 amide bonds. The van der Waals surface area contributed by atoms with Gasteiger partial charge in [-0.25, -0.2) is 0 Å². The van der Waals surface area contributed by atoms with E-state index in [2.05, 4.69) is 5.32 Å². The molecule has 0 aromatic heterocycles. The minimum atomic E-state index is -0.560. The number of nitrogens with one attached hydrogen (secondary N) is 1. The van der Waals surface area contributed by atoms with E-state index in [1.54, 1.807) is 24.3 Å². The molecule has 2 aliphatic rings. The van der Waals surface area contributed by atoms with E-state index in [4.69, 9.17) is 9.47 Å². The van der Waals surface area contributed by atoms with Crippen LogP contribution in [0.5, 0.6) is 11.5 Å². The molecule has 0 saturated carbocycles. The summed E-state index contributed by atoms with van der Waals surface area (Å²) in [6.07, 6.45) is 2.53. The minimum Gasteiger partial charge on any atom is -0.454 e. The van der Waals surface area contributed by atoms with Gasteiger partial charge in [-0.1, -0.05) is 12.1 Å². The van der Waals surface area contributed by atoms with Crippen molar-refractivity contribution in [3.63, 3.8) is 0 Å². The Bertz CT molecular complexity index is 1000. The van der Waals surface area contributed by atoms with Crippen LogP contribution in [-0.4, -0.2) is 30.1 Å². The molecular formula is C18H13N3O6. The fraction of sp³-hybridized carbons (Fsp3) is 0.111. The van der Waals surface area contributed by atoms with Crippen LogP contribution in [0.4, 0.5) is 17.1 Å². The summed E-state index contributed by atoms with van der Waals surface area (Å²) < 4.78 is 10.4. The molecule has 0 spiro atoms. The molecule has 0 aliphatic carbocycles. The summed E-state index contributed by atoms with van der Waals surface area (Å²) >= 11 is 0. The Morgan fingerprint density at radius 2 is 1.96 bits per heavy atom. The van der Waals surface area contributed by atoms with Crippen molar-refractivity contribution in [2.75, 3.05) is 23.6 Å². The van der Waals surface area contributed by atoms with E-state index in [0.29, 0.717) is 17.1 Å². The third-order valence-corrected chi connectivity index (χ3v) is 4.16. The van der Waals surface area contributed by atoms with Gasteiger partial charge in [-0.2, -0.15) is 0 Å². The largest absolute Gasteiger partial charge is 0.454 e. The number of rotatable bonds is 3. The second-order valence-corrected chi connectivity index (χ2v) is 5.84. The van der Waals surface area contributed by atoms with Crippen molar-refractivity contribution in [2.45, 2.75) is 0 Å². The predicted octanol–water partition coefficient (Wildman–Crippen LogP) is 2.32. The van der Waals surface area contributed by atoms with E-state index in [-0.39, 0.29) is 36.2 Å². The topological polar surface area (TPSA) is 111 Å². The first-order valence-corrected chi connectivity index (χ1v) is 7.99. The Hall–Kier alpha value is -3.88. The van der Waals surface area contributed by atoms with Crippen LogP contribution in [0.1, 0.15) is 5.56 Å². The summed E-state index contributed by atoms with van der Waals surface area (Å²) in [6.45, 7) is -0.151. The highest BCUT2D eigenvalue weighted by molar-refractivity contribution is 6.13. The summed E-state index contributed by atoms with van der Waals surface area (Å²) in [6, 6.07) is 9.61. The average Bonchev–Trinajstić information content (AvgIpc) is 3.11. The molecule has 0 radical (unpaired) electrons. The molecule has 2 aromatic rings. The van der Waals surface area contributed by atoms with Crippen LogP contribution < -0.4 is 19.7 Å². The van der Waals surface area contributed by atoms with Gasteiger partial charge < -0.3 is 14.8 Å². The third-order valence-electron chi connectivity index (χ3n) is 4.16. The summed E-state index contributed by atoms with van der Waals surface area (Å²) in [5.74, 6) is -0.129. The molecule has 0 bridgehead atoms. The molecule has 0 unspecified atom stereocenters. The molecule has 136 valence electrons. The monoisotopic (exact) mass is 367 g/mol. The number of benzene rings is 2. The standard InChI is InChI=1S/C18H13N3O6/c22-17-9-20(13-4-2-1-3-12(13)19-17)18(23)6-5-11-7-15-16(27-10-26-15)8-14(11)21(24)25/h1-8H,9-10H2,(H,19,22)/b6-5+. The van der Waals surface area contributed by atoms with Crippen LogP contribution in [0, 0.1) is 10.1 Å². The smallest absolute Gasteiger partial charge is 0.280 e. The summed E-state index contributed by atoms with van der Waals surface area (Å²) in [7, 11) is 0. The number of ether oxygens (including phenoxy) is 2. The number of anilines is 2. The Balaban J connectivity index is 1.65. The van der Waals surface area contributed by atoms with Crippen LogP contribution in [0.2, 0.25) is 0 Å². The first-order chi connectivity index (χ1) is 13.0. The summed E-state index contributed by atoms with van der Waals surface area (Å²) in [4.78, 5) is 36.5. The maximum Gasteiger partial charge on any atom is 0.280 e. The van der Waals surface area contributed by atoms with Gasteiger partial charge >= 0.3 is 0 Å². The highest BCUT2D eigenvalue weighted by atomic mass is 16.7. The van der Waals surface area contributed by atoms with E-state index >= 15 is 0 Å². The van der Waals surface area contributed by atoms with Crippen LogP contribution >= 0.6 is 0 Å². The quantitative estimate of drug-likeness (QED) is 0.506. The molecule has 4 rings (SSSR count). The number of carbonyl (C=O) groups excluding carboxylic acids is 2. The third kappa shape index (κ3) is 3.06. The van der Waals surface area contributed by atoms with E-state index in [0.717, 1.165) is 0 Å². The lowest BCUT2D eigenvalue weighted by molar-refractivity contribution is -0.385. The SMILES string of the molecule is O=C1CN(C(=O)/C=C/c2cc3c(cc2[N+](=O)[O-])OCO3)c2ccccc2N1. The number of amides is 2. The maximum atomic E-state index is 12.6. The number of nitrogens with zero attached hydrogens (tertiary/aromatic N) is 2. The van der Waals surface area contributed by atoms with Crippen LogP contribution in [-0.2, 0) is 9.59 Å². The van der Waals surface area contributed by atoms with Gasteiger partial charge in [0.2, 0.25) is 12.7 Å². The van der Waals surface area contributed by atoms with Crippen molar-refractivity contribution in [3.05, 3.63) is 58.2 Å². The van der Waals surface area contributed by atoms with Crippen molar-refractivity contribution in [1.82, 2.24) is 0 Å². The number of hydrogen-bond donors (Lipinski definition) is 1. The van der Waals surface area contributed by atoms with E-state index < -0.39 is 10.8 Å². The van der Waals surface area contributed by atoms with Gasteiger partial charge in [0.05, 0.1) is 27.9 Å². The molecule has 1 N–H and O–H groups in total. The molecule has 0 atom stereocenters. The van der Waals surface area contributed by atoms with Gasteiger partial charge in [-0.15, -0.1) is 0 Å². The Morgan fingerprint density at radius 3 is 2.74 bits per heavy atom. The van der Waals surface area contributed by atoms with Crippen LogP contribution in [0.25, 0.3) is 6.08 Å². The number of carbonyl (C=O) groups is 2. The highest BCUT2D eigenvalue weighted by Crippen LogP contribution is 2.38. The number of para-hydroxylation sites is 2. The van der Waals surface area contributed by atoms with Crippen molar-refractivity contribution in [3.8, 4) is 11.5 Å². The normalized spacial score (nSPS) is 14.8. The summed E-state index contributed by atoms with van der Waals surface area (Å²) in [5.41, 5.74) is 1.09. The van der Waals surface area contributed by atoms with Crippen LogP contribution in [0.3, 0.4) is 0 Å². The molecule has 2 heterocycles. The zero-order valence-corrected chi connectivity index (χ0v) is 13.9. The van der Waals surface area contributed by atoms with Gasteiger partial charge in [0, 0.05) is 6.08 Å². The second kappa shape index (κ2) is 6.45. The van der Waals surface area contributed by atoms with Crippen molar-refractivity contribution in [1.29, 1.82) is 0 Å². The minimum absolute atomic E-state index is 0.0156. The zero-order valence-electron chi connectivity index (χ0n) is 13.9. The lowest BCUT2D eigenvalue weighted by Gasteiger charge is -2.28. The average molecular weight is 367 g/mol. The van der Waals surface area contributed by atoms with Gasteiger partial charge in [-0.05, 0) is 24.3 Å². The van der Waals surface area contributed by atoms with Gasteiger partial charge in [0.15, 0.2) is 11.5 Å². The van der Waals surface area contributed by atoms with Gasteiger partial charge in [0.25, 0.3) is 11.6 Å². The highest BCUT2D eigenvalue weighted by Gasteiger charge is 2.26. The molecule has 9 heteroatoms. The first-order valence-electron chi connectivity index (χ1n) is 7.99. The fourth-order valence-electron chi connectivity index (χ4n) is 2.92. The van der Waals surface area contributed by atoms with Gasteiger partial charge in [0.1, 0.15) is 6.54 Å². The Labute approximate surface area is 152 Å². The number of fused-ring (bicyclic) bond motifs is 2. The van der Waals surface area contributed by atoms with Crippen molar-refractivity contribution >= 4 is 35.0 Å². The predicted molar refractivity (Wildman–Crippen MR) is 95.7 cm³/mol. The maximum absolute atomic E-state index is 12.6. The molecule has 9 nitrogen and oxygen atoms in total. The lowest BCUT2D eigenvalue weighted by atomic mass is 10.1. The Morgan fingerprint density at radius 1 is 1.22 bits per heavy atom. The van der Waals surface area contributed by atoms with E-state index in [1.165, 1.54) is 29.2 Å². The Kier molecular flexibility index (Phi) is 3.96.